The molecule has 1 aromatic heterocycles. The number of benzene rings is 2. The Balaban J connectivity index is 1.50. The van der Waals surface area contributed by atoms with Gasteiger partial charge in [-0.25, -0.2) is 9.97 Å². The Morgan fingerprint density at radius 1 is 1.14 bits per heavy atom. The molecule has 7 nitrogen and oxygen atoms in total. The topological polar surface area (TPSA) is 83.0 Å². The van der Waals surface area contributed by atoms with Crippen LogP contribution in [-0.4, -0.2) is 27.4 Å². The van der Waals surface area contributed by atoms with Crippen molar-refractivity contribution in [3.63, 3.8) is 0 Å². The summed E-state index contributed by atoms with van der Waals surface area (Å²) in [5.41, 5.74) is 5.25. The molecule has 4 rings (SSSR count). The first-order valence-corrected chi connectivity index (χ1v) is 10.1. The van der Waals surface area contributed by atoms with Crippen LogP contribution in [0, 0.1) is 6.92 Å². The van der Waals surface area contributed by atoms with E-state index in [1.54, 1.807) is 0 Å². The molecule has 0 atom stereocenters. The minimum absolute atomic E-state index is 0.0913. The number of carbonyl (C=O) groups excluding carboxylic acids is 1. The molecule has 3 aromatic rings. The third-order valence-corrected chi connectivity index (χ3v) is 5.31. The maximum absolute atomic E-state index is 11.3. The van der Waals surface area contributed by atoms with Crippen molar-refractivity contribution in [1.82, 2.24) is 15.0 Å². The standard InChI is InChI=1S/C21H21BrN6O/c1-13-9-18(5-6-19(13)25-14(2)29)26-20-23-12-24-21(27-20)28-8-7-15-10-17(22)4-3-16(15)11-28/h3-6,9-10,12H,7-8,11H2,1-2H3,(H,25,29)(H,23,24,26,27). The molecule has 8 heteroatoms. The molecule has 0 saturated heterocycles. The van der Waals surface area contributed by atoms with Gasteiger partial charge in [-0.1, -0.05) is 22.0 Å². The maximum Gasteiger partial charge on any atom is 0.231 e. The van der Waals surface area contributed by atoms with Crippen LogP contribution in [0.15, 0.2) is 47.2 Å². The van der Waals surface area contributed by atoms with E-state index < -0.39 is 0 Å². The van der Waals surface area contributed by atoms with Crippen molar-refractivity contribution in [3.8, 4) is 0 Å². The van der Waals surface area contributed by atoms with Gasteiger partial charge in [-0.2, -0.15) is 4.98 Å². The molecule has 29 heavy (non-hydrogen) atoms. The Morgan fingerprint density at radius 2 is 2.00 bits per heavy atom. The number of hydrogen-bond donors (Lipinski definition) is 2. The Bertz CT molecular complexity index is 1070. The van der Waals surface area contributed by atoms with E-state index in [0.29, 0.717) is 11.9 Å². The lowest BCUT2D eigenvalue weighted by Gasteiger charge is -2.29. The zero-order valence-electron chi connectivity index (χ0n) is 16.2. The largest absolute Gasteiger partial charge is 0.336 e. The normalized spacial score (nSPS) is 13.0. The highest BCUT2D eigenvalue weighted by atomic mass is 79.9. The zero-order valence-corrected chi connectivity index (χ0v) is 17.8. The van der Waals surface area contributed by atoms with Crippen LogP contribution in [0.4, 0.5) is 23.3 Å². The molecule has 0 saturated carbocycles. The summed E-state index contributed by atoms with van der Waals surface area (Å²) in [6.45, 7) is 5.07. The highest BCUT2D eigenvalue weighted by Crippen LogP contribution is 2.26. The Morgan fingerprint density at radius 3 is 2.79 bits per heavy atom. The number of rotatable bonds is 4. The summed E-state index contributed by atoms with van der Waals surface area (Å²) < 4.78 is 1.11. The molecule has 148 valence electrons. The van der Waals surface area contributed by atoms with E-state index in [2.05, 4.69) is 64.6 Å². The molecule has 0 fully saturated rings. The second kappa shape index (κ2) is 8.16. The number of anilines is 4. The van der Waals surface area contributed by atoms with E-state index in [1.165, 1.54) is 24.4 Å². The highest BCUT2D eigenvalue weighted by Gasteiger charge is 2.19. The van der Waals surface area contributed by atoms with Crippen LogP contribution >= 0.6 is 15.9 Å². The lowest BCUT2D eigenvalue weighted by atomic mass is 10.0. The fourth-order valence-corrected chi connectivity index (χ4v) is 3.80. The molecule has 1 amide bonds. The maximum atomic E-state index is 11.3. The van der Waals surface area contributed by atoms with Crippen LogP contribution in [0.25, 0.3) is 0 Å². The number of halogens is 1. The summed E-state index contributed by atoms with van der Waals surface area (Å²) in [6.07, 6.45) is 2.48. The third kappa shape index (κ3) is 4.54. The number of fused-ring (bicyclic) bond motifs is 1. The predicted molar refractivity (Wildman–Crippen MR) is 117 cm³/mol. The minimum Gasteiger partial charge on any atom is -0.336 e. The van der Waals surface area contributed by atoms with E-state index in [4.69, 9.17) is 0 Å². The van der Waals surface area contributed by atoms with E-state index in [9.17, 15) is 4.79 Å². The highest BCUT2D eigenvalue weighted by molar-refractivity contribution is 9.10. The second-order valence-corrected chi connectivity index (χ2v) is 7.95. The average Bonchev–Trinajstić information content (AvgIpc) is 2.69. The van der Waals surface area contributed by atoms with Crippen LogP contribution in [0.1, 0.15) is 23.6 Å². The van der Waals surface area contributed by atoms with E-state index in [-0.39, 0.29) is 5.91 Å². The third-order valence-electron chi connectivity index (χ3n) is 4.82. The van der Waals surface area contributed by atoms with Gasteiger partial charge in [0.1, 0.15) is 6.33 Å². The van der Waals surface area contributed by atoms with Crippen LogP contribution in [0.2, 0.25) is 0 Å². The van der Waals surface area contributed by atoms with Crippen LogP contribution in [0.3, 0.4) is 0 Å². The first kappa shape index (κ1) is 19.3. The molecule has 2 N–H and O–H groups in total. The van der Waals surface area contributed by atoms with Crippen molar-refractivity contribution in [3.05, 3.63) is 63.9 Å². The van der Waals surface area contributed by atoms with Gasteiger partial charge in [-0.3, -0.25) is 4.79 Å². The van der Waals surface area contributed by atoms with Gasteiger partial charge in [0, 0.05) is 35.9 Å². The van der Waals surface area contributed by atoms with Gasteiger partial charge in [-0.05, 0) is 60.4 Å². The van der Waals surface area contributed by atoms with Crippen molar-refractivity contribution < 1.29 is 4.79 Å². The SMILES string of the molecule is CC(=O)Nc1ccc(Nc2ncnc(N3CCc4cc(Br)ccc4C3)n2)cc1C. The molecular weight excluding hydrogens is 432 g/mol. The van der Waals surface area contributed by atoms with Gasteiger partial charge in [0.25, 0.3) is 0 Å². The van der Waals surface area contributed by atoms with Crippen molar-refractivity contribution in [1.29, 1.82) is 0 Å². The van der Waals surface area contributed by atoms with Crippen LogP contribution < -0.4 is 15.5 Å². The van der Waals surface area contributed by atoms with Gasteiger partial charge in [0.2, 0.25) is 17.8 Å². The van der Waals surface area contributed by atoms with Gasteiger partial charge in [0.05, 0.1) is 0 Å². The number of amides is 1. The summed E-state index contributed by atoms with van der Waals surface area (Å²) in [6, 6.07) is 12.1. The number of nitrogens with zero attached hydrogens (tertiary/aromatic N) is 4. The molecule has 0 radical (unpaired) electrons. The van der Waals surface area contributed by atoms with Crippen molar-refractivity contribution in [2.45, 2.75) is 26.8 Å². The summed E-state index contributed by atoms with van der Waals surface area (Å²) in [7, 11) is 0. The molecule has 0 bridgehead atoms. The summed E-state index contributed by atoms with van der Waals surface area (Å²) in [5.74, 6) is 1.05. The van der Waals surface area contributed by atoms with Gasteiger partial charge >= 0.3 is 0 Å². The first-order chi connectivity index (χ1) is 14.0. The minimum atomic E-state index is -0.0913. The summed E-state index contributed by atoms with van der Waals surface area (Å²) in [4.78, 5) is 26.6. The number of aromatic nitrogens is 3. The summed E-state index contributed by atoms with van der Waals surface area (Å²) >= 11 is 3.54. The van der Waals surface area contributed by atoms with Crippen LogP contribution in [-0.2, 0) is 17.8 Å². The zero-order chi connectivity index (χ0) is 20.4. The second-order valence-electron chi connectivity index (χ2n) is 7.03. The molecule has 0 aliphatic carbocycles. The predicted octanol–water partition coefficient (Wildman–Crippen LogP) is 4.21. The van der Waals surface area contributed by atoms with E-state index in [1.807, 2.05) is 25.1 Å². The molecule has 2 aromatic carbocycles. The quantitative estimate of drug-likeness (QED) is 0.616. The molecule has 1 aliphatic heterocycles. The molecule has 0 unspecified atom stereocenters. The van der Waals surface area contributed by atoms with Gasteiger partial charge < -0.3 is 15.5 Å². The lowest BCUT2D eigenvalue weighted by molar-refractivity contribution is -0.114. The monoisotopic (exact) mass is 452 g/mol. The molecular formula is C21H21BrN6O. The van der Waals surface area contributed by atoms with E-state index in [0.717, 1.165) is 40.9 Å². The number of nitrogens with one attached hydrogen (secondary N) is 2. The number of aryl methyl sites for hydroxylation is 1. The average molecular weight is 453 g/mol. The van der Waals surface area contributed by atoms with Gasteiger partial charge in [-0.15, -0.1) is 0 Å². The van der Waals surface area contributed by atoms with Crippen LogP contribution in [0.5, 0.6) is 0 Å². The smallest absolute Gasteiger partial charge is 0.231 e. The molecule has 2 heterocycles. The van der Waals surface area contributed by atoms with E-state index >= 15 is 0 Å². The van der Waals surface area contributed by atoms with Gasteiger partial charge in [0.15, 0.2) is 0 Å². The number of carbonyl (C=O) groups is 1. The fourth-order valence-electron chi connectivity index (χ4n) is 3.39. The molecule has 1 aliphatic rings. The lowest BCUT2D eigenvalue weighted by Crippen LogP contribution is -2.32. The number of hydrogen-bond acceptors (Lipinski definition) is 6. The fraction of sp³-hybridized carbons (Fsp3) is 0.238. The Kier molecular flexibility index (Phi) is 5.44. The Hall–Kier alpha value is -3.00. The van der Waals surface area contributed by atoms with Crippen molar-refractivity contribution in [2.24, 2.45) is 0 Å². The molecule has 0 spiro atoms. The van der Waals surface area contributed by atoms with Crippen molar-refractivity contribution in [2.75, 3.05) is 22.1 Å². The Labute approximate surface area is 177 Å². The first-order valence-electron chi connectivity index (χ1n) is 9.34. The summed E-state index contributed by atoms with van der Waals surface area (Å²) in [5, 5.41) is 6.03. The van der Waals surface area contributed by atoms with Crippen molar-refractivity contribution >= 4 is 45.1 Å².